The van der Waals surface area contributed by atoms with Crippen LogP contribution in [0.3, 0.4) is 0 Å². The average molecular weight is 331 g/mol. The molecule has 3 aromatic rings. The number of benzene rings is 3. The number of para-hydroxylation sites is 1. The molecule has 4 heteroatoms. The van der Waals surface area contributed by atoms with Gasteiger partial charge in [0.15, 0.2) is 0 Å². The van der Waals surface area contributed by atoms with E-state index in [1.807, 2.05) is 42.5 Å². The van der Waals surface area contributed by atoms with Crippen molar-refractivity contribution in [1.29, 1.82) is 0 Å². The highest BCUT2D eigenvalue weighted by Crippen LogP contribution is 2.31. The summed E-state index contributed by atoms with van der Waals surface area (Å²) in [6.07, 6.45) is 3.06. The van der Waals surface area contributed by atoms with Crippen LogP contribution in [0.4, 0.5) is 11.4 Å². The lowest BCUT2D eigenvalue weighted by Crippen LogP contribution is -2.25. The second kappa shape index (κ2) is 7.01. The molecule has 3 rings (SSSR count). The molecular weight excluding hydrogens is 314 g/mol. The summed E-state index contributed by atoms with van der Waals surface area (Å²) < 4.78 is 0. The summed E-state index contributed by atoms with van der Waals surface area (Å²) in [5.41, 5.74) is 1.04. The molecule has 0 saturated heterocycles. The number of nitrogens with zero attached hydrogens (tertiary/aromatic N) is 1. The second-order valence-corrected chi connectivity index (χ2v) is 5.53. The van der Waals surface area contributed by atoms with Crippen LogP contribution in [-0.2, 0) is 4.79 Å². The molecule has 0 bridgehead atoms. The number of aromatic carboxylic acids is 1. The zero-order valence-corrected chi connectivity index (χ0v) is 13.7. The third-order valence-electron chi connectivity index (χ3n) is 3.90. The Balaban J connectivity index is 2.21. The summed E-state index contributed by atoms with van der Waals surface area (Å²) in [7, 11) is 0. The standard InChI is InChI=1S/C21H17NO3/c1-2-7-20(23)22(19-11-6-5-10-18(19)21(24)25)17-13-12-15-8-3-4-9-16(15)14-17/h2-14H,1H3,(H,24,25). The van der Waals surface area contributed by atoms with Crippen molar-refractivity contribution in [3.63, 3.8) is 0 Å². The number of hydrogen-bond donors (Lipinski definition) is 1. The summed E-state index contributed by atoms with van der Waals surface area (Å²) in [6.45, 7) is 1.75. The Morgan fingerprint density at radius 1 is 0.920 bits per heavy atom. The van der Waals surface area contributed by atoms with Crippen LogP contribution in [0.5, 0.6) is 0 Å². The first-order valence-electron chi connectivity index (χ1n) is 7.89. The monoisotopic (exact) mass is 331 g/mol. The molecule has 25 heavy (non-hydrogen) atoms. The number of carboxylic acid groups (broad SMARTS) is 1. The minimum atomic E-state index is -1.07. The molecule has 1 N–H and O–H groups in total. The number of amides is 1. The molecule has 124 valence electrons. The molecule has 4 nitrogen and oxygen atoms in total. The molecule has 0 aliphatic carbocycles. The van der Waals surface area contributed by atoms with Gasteiger partial charge in [-0.2, -0.15) is 0 Å². The summed E-state index contributed by atoms with van der Waals surface area (Å²) in [4.78, 5) is 25.7. The van der Waals surface area contributed by atoms with Crippen molar-refractivity contribution >= 4 is 34.0 Å². The van der Waals surface area contributed by atoms with E-state index >= 15 is 0 Å². The van der Waals surface area contributed by atoms with Gasteiger partial charge in [-0.05, 0) is 48.0 Å². The third-order valence-corrected chi connectivity index (χ3v) is 3.90. The molecule has 0 fully saturated rings. The van der Waals surface area contributed by atoms with Gasteiger partial charge in [0.1, 0.15) is 0 Å². The van der Waals surface area contributed by atoms with Crippen molar-refractivity contribution in [2.75, 3.05) is 4.90 Å². The molecule has 0 heterocycles. The normalized spacial score (nSPS) is 10.9. The van der Waals surface area contributed by atoms with Crippen LogP contribution in [0, 0.1) is 0 Å². The molecule has 0 atom stereocenters. The van der Waals surface area contributed by atoms with Crippen molar-refractivity contribution in [1.82, 2.24) is 0 Å². The van der Waals surface area contributed by atoms with Crippen molar-refractivity contribution < 1.29 is 14.7 Å². The minimum absolute atomic E-state index is 0.0773. The van der Waals surface area contributed by atoms with Gasteiger partial charge in [-0.3, -0.25) is 9.69 Å². The molecule has 3 aromatic carbocycles. The van der Waals surface area contributed by atoms with Gasteiger partial charge in [0.25, 0.3) is 5.91 Å². The van der Waals surface area contributed by atoms with E-state index in [2.05, 4.69) is 0 Å². The number of allylic oxidation sites excluding steroid dienone is 1. The van der Waals surface area contributed by atoms with Crippen LogP contribution in [0.1, 0.15) is 17.3 Å². The number of anilines is 2. The van der Waals surface area contributed by atoms with E-state index in [0.717, 1.165) is 10.8 Å². The van der Waals surface area contributed by atoms with Gasteiger partial charge in [-0.25, -0.2) is 4.79 Å². The summed E-state index contributed by atoms with van der Waals surface area (Å²) >= 11 is 0. The van der Waals surface area contributed by atoms with E-state index in [4.69, 9.17) is 0 Å². The Hall–Kier alpha value is -3.40. The van der Waals surface area contributed by atoms with E-state index in [9.17, 15) is 14.7 Å². The average Bonchev–Trinajstić information content (AvgIpc) is 2.62. The van der Waals surface area contributed by atoms with Gasteiger partial charge < -0.3 is 5.11 Å². The predicted molar refractivity (Wildman–Crippen MR) is 99.3 cm³/mol. The minimum Gasteiger partial charge on any atom is -0.478 e. The lowest BCUT2D eigenvalue weighted by atomic mass is 10.1. The van der Waals surface area contributed by atoms with Gasteiger partial charge in [0.2, 0.25) is 0 Å². The number of rotatable bonds is 4. The molecule has 0 unspecified atom stereocenters. The number of carbonyl (C=O) groups excluding carboxylic acids is 1. The third kappa shape index (κ3) is 3.28. The number of hydrogen-bond acceptors (Lipinski definition) is 2. The Morgan fingerprint density at radius 2 is 1.60 bits per heavy atom. The molecule has 0 saturated carbocycles. The fourth-order valence-corrected chi connectivity index (χ4v) is 2.77. The van der Waals surface area contributed by atoms with Crippen LogP contribution < -0.4 is 4.90 Å². The topological polar surface area (TPSA) is 57.6 Å². The molecule has 0 aliphatic rings. The molecular formula is C21H17NO3. The van der Waals surface area contributed by atoms with Crippen LogP contribution in [-0.4, -0.2) is 17.0 Å². The quantitative estimate of drug-likeness (QED) is 0.700. The van der Waals surface area contributed by atoms with Crippen molar-refractivity contribution in [2.45, 2.75) is 6.92 Å². The van der Waals surface area contributed by atoms with Crippen LogP contribution in [0.15, 0.2) is 78.9 Å². The summed E-state index contributed by atoms with van der Waals surface area (Å²) in [6, 6.07) is 19.9. The van der Waals surface area contributed by atoms with Crippen LogP contribution >= 0.6 is 0 Å². The highest BCUT2D eigenvalue weighted by Gasteiger charge is 2.21. The lowest BCUT2D eigenvalue weighted by molar-refractivity contribution is -0.113. The Morgan fingerprint density at radius 3 is 2.32 bits per heavy atom. The molecule has 0 aliphatic heterocycles. The number of carboxylic acids is 1. The zero-order chi connectivity index (χ0) is 17.8. The first-order chi connectivity index (χ1) is 12.1. The van der Waals surface area contributed by atoms with Crippen molar-refractivity contribution in [3.8, 4) is 0 Å². The molecule has 0 aromatic heterocycles. The van der Waals surface area contributed by atoms with Crippen molar-refractivity contribution in [2.24, 2.45) is 0 Å². The maximum atomic E-state index is 12.7. The zero-order valence-electron chi connectivity index (χ0n) is 13.7. The van der Waals surface area contributed by atoms with Gasteiger partial charge in [0, 0.05) is 5.69 Å². The highest BCUT2D eigenvalue weighted by molar-refractivity contribution is 6.11. The summed E-state index contributed by atoms with van der Waals surface area (Å²) in [5, 5.41) is 11.5. The molecule has 0 radical (unpaired) electrons. The second-order valence-electron chi connectivity index (χ2n) is 5.53. The van der Waals surface area contributed by atoms with Crippen molar-refractivity contribution in [3.05, 3.63) is 84.4 Å². The summed E-state index contributed by atoms with van der Waals surface area (Å²) in [5.74, 6) is -1.37. The molecule has 0 spiro atoms. The van der Waals surface area contributed by atoms with Crippen LogP contribution in [0.2, 0.25) is 0 Å². The van der Waals surface area contributed by atoms with Gasteiger partial charge in [-0.1, -0.05) is 48.5 Å². The van der Waals surface area contributed by atoms with E-state index in [1.165, 1.54) is 17.0 Å². The maximum Gasteiger partial charge on any atom is 0.337 e. The first-order valence-corrected chi connectivity index (χ1v) is 7.89. The van der Waals surface area contributed by atoms with E-state index in [0.29, 0.717) is 11.4 Å². The highest BCUT2D eigenvalue weighted by atomic mass is 16.4. The molecule has 1 amide bonds. The lowest BCUT2D eigenvalue weighted by Gasteiger charge is -2.23. The van der Waals surface area contributed by atoms with Gasteiger partial charge in [0.05, 0.1) is 11.3 Å². The van der Waals surface area contributed by atoms with Crippen LogP contribution in [0.25, 0.3) is 10.8 Å². The number of carbonyl (C=O) groups is 2. The Bertz CT molecular complexity index is 976. The maximum absolute atomic E-state index is 12.7. The van der Waals surface area contributed by atoms with E-state index in [-0.39, 0.29) is 11.5 Å². The Labute approximate surface area is 145 Å². The van der Waals surface area contributed by atoms with Gasteiger partial charge in [-0.15, -0.1) is 0 Å². The number of fused-ring (bicyclic) bond motifs is 1. The predicted octanol–water partition coefficient (Wildman–Crippen LogP) is 4.78. The van der Waals surface area contributed by atoms with E-state index in [1.54, 1.807) is 31.2 Å². The smallest absolute Gasteiger partial charge is 0.337 e. The largest absolute Gasteiger partial charge is 0.478 e. The fourth-order valence-electron chi connectivity index (χ4n) is 2.77. The Kier molecular flexibility index (Phi) is 4.61. The SMILES string of the molecule is CC=CC(=O)N(c1ccc2ccccc2c1)c1ccccc1C(=O)O. The van der Waals surface area contributed by atoms with E-state index < -0.39 is 5.97 Å². The van der Waals surface area contributed by atoms with Gasteiger partial charge >= 0.3 is 5.97 Å². The first kappa shape index (κ1) is 16.5. The fraction of sp³-hybridized carbons (Fsp3) is 0.0476.